The number of aromatic hydroxyl groups is 1. The first-order valence-electron chi connectivity index (χ1n) is 3.78. The van der Waals surface area contributed by atoms with Crippen LogP contribution in [0.5, 0.6) is 11.5 Å². The third-order valence-corrected chi connectivity index (χ3v) is 2.72. The molecule has 1 aromatic carbocycles. The number of carboxylic acids is 1. The van der Waals surface area contributed by atoms with E-state index in [0.29, 0.717) is 10.0 Å². The normalized spacial score (nSPS) is 9.93. The smallest absolute Gasteiger partial charge is 0.339 e. The van der Waals surface area contributed by atoms with Crippen LogP contribution in [0.1, 0.15) is 15.9 Å². The van der Waals surface area contributed by atoms with Crippen molar-refractivity contribution in [2.45, 2.75) is 6.92 Å². The molecule has 0 aliphatic rings. The number of aromatic carboxylic acids is 1. The molecule has 5 heteroatoms. The quantitative estimate of drug-likeness (QED) is 0.856. The van der Waals surface area contributed by atoms with Gasteiger partial charge in [0.25, 0.3) is 0 Å². The van der Waals surface area contributed by atoms with E-state index in [9.17, 15) is 9.90 Å². The van der Waals surface area contributed by atoms with Crippen LogP contribution in [0.2, 0.25) is 0 Å². The van der Waals surface area contributed by atoms with Crippen molar-refractivity contribution in [1.82, 2.24) is 0 Å². The standard InChI is InChI=1S/C9H9BrO4/c1-4-5(10)3-6(14-2)8(11)7(4)9(12)13/h3,11H,1-2H3,(H,12,13). The lowest BCUT2D eigenvalue weighted by atomic mass is 10.1. The molecule has 0 aliphatic carbocycles. The molecule has 0 fully saturated rings. The summed E-state index contributed by atoms with van der Waals surface area (Å²) in [5.74, 6) is -1.39. The molecule has 0 spiro atoms. The second-order valence-corrected chi connectivity index (χ2v) is 3.57. The molecule has 0 radical (unpaired) electrons. The van der Waals surface area contributed by atoms with Crippen LogP contribution in [0.25, 0.3) is 0 Å². The van der Waals surface area contributed by atoms with E-state index < -0.39 is 5.97 Å². The van der Waals surface area contributed by atoms with E-state index in [-0.39, 0.29) is 17.1 Å². The zero-order chi connectivity index (χ0) is 10.9. The summed E-state index contributed by atoms with van der Waals surface area (Å²) in [4.78, 5) is 10.8. The topological polar surface area (TPSA) is 66.8 Å². The van der Waals surface area contributed by atoms with Gasteiger partial charge in [-0.25, -0.2) is 4.79 Å². The van der Waals surface area contributed by atoms with Gasteiger partial charge in [-0.2, -0.15) is 0 Å². The Bertz CT molecular complexity index is 387. The maximum absolute atomic E-state index is 10.8. The number of carbonyl (C=O) groups is 1. The number of ether oxygens (including phenoxy) is 1. The second kappa shape index (κ2) is 3.88. The fourth-order valence-electron chi connectivity index (χ4n) is 1.13. The molecule has 1 aromatic rings. The molecule has 0 aliphatic heterocycles. The maximum Gasteiger partial charge on any atom is 0.339 e. The molecule has 0 bridgehead atoms. The number of phenols is 1. The fraction of sp³-hybridized carbons (Fsp3) is 0.222. The summed E-state index contributed by atoms with van der Waals surface area (Å²) in [6, 6.07) is 1.52. The fourth-order valence-corrected chi connectivity index (χ4v) is 1.54. The average molecular weight is 261 g/mol. The van der Waals surface area contributed by atoms with Crippen molar-refractivity contribution >= 4 is 21.9 Å². The molecule has 0 unspecified atom stereocenters. The molecule has 2 N–H and O–H groups in total. The van der Waals surface area contributed by atoms with Gasteiger partial charge in [-0.05, 0) is 18.6 Å². The highest BCUT2D eigenvalue weighted by molar-refractivity contribution is 9.10. The van der Waals surface area contributed by atoms with Crippen molar-refractivity contribution in [3.05, 3.63) is 21.7 Å². The van der Waals surface area contributed by atoms with Crippen LogP contribution < -0.4 is 4.74 Å². The van der Waals surface area contributed by atoms with Crippen LogP contribution in [0.4, 0.5) is 0 Å². The third-order valence-electron chi connectivity index (χ3n) is 1.90. The van der Waals surface area contributed by atoms with Gasteiger partial charge in [0.05, 0.1) is 7.11 Å². The van der Waals surface area contributed by atoms with Crippen LogP contribution >= 0.6 is 15.9 Å². The highest BCUT2D eigenvalue weighted by atomic mass is 79.9. The molecular weight excluding hydrogens is 252 g/mol. The molecule has 0 amide bonds. The van der Waals surface area contributed by atoms with Gasteiger partial charge >= 0.3 is 5.97 Å². The van der Waals surface area contributed by atoms with Crippen molar-refractivity contribution < 1.29 is 19.7 Å². The largest absolute Gasteiger partial charge is 0.504 e. The van der Waals surface area contributed by atoms with Gasteiger partial charge < -0.3 is 14.9 Å². The summed E-state index contributed by atoms with van der Waals surface area (Å²) in [6.45, 7) is 1.60. The Balaban J connectivity index is 3.53. The van der Waals surface area contributed by atoms with Crippen molar-refractivity contribution in [3.63, 3.8) is 0 Å². The van der Waals surface area contributed by atoms with E-state index >= 15 is 0 Å². The monoisotopic (exact) mass is 260 g/mol. The Kier molecular flexibility index (Phi) is 3.00. The summed E-state index contributed by atoms with van der Waals surface area (Å²) < 4.78 is 5.42. The predicted molar refractivity (Wildman–Crippen MR) is 54.1 cm³/mol. The molecule has 76 valence electrons. The zero-order valence-electron chi connectivity index (χ0n) is 7.67. The second-order valence-electron chi connectivity index (χ2n) is 2.71. The molecule has 0 heterocycles. The minimum atomic E-state index is -1.18. The summed E-state index contributed by atoms with van der Waals surface area (Å²) in [6.07, 6.45) is 0. The third kappa shape index (κ3) is 1.68. The first kappa shape index (κ1) is 10.8. The number of hydrogen-bond acceptors (Lipinski definition) is 3. The van der Waals surface area contributed by atoms with E-state index in [2.05, 4.69) is 15.9 Å². The summed E-state index contributed by atoms with van der Waals surface area (Å²) >= 11 is 3.19. The Morgan fingerprint density at radius 2 is 2.14 bits per heavy atom. The van der Waals surface area contributed by atoms with Gasteiger partial charge in [0.15, 0.2) is 11.5 Å². The molecule has 1 rings (SSSR count). The van der Waals surface area contributed by atoms with Crippen LogP contribution in [0.3, 0.4) is 0 Å². The van der Waals surface area contributed by atoms with Crippen LogP contribution in [-0.4, -0.2) is 23.3 Å². The lowest BCUT2D eigenvalue weighted by molar-refractivity contribution is 0.0692. The minimum Gasteiger partial charge on any atom is -0.504 e. The average Bonchev–Trinajstić information content (AvgIpc) is 2.11. The Morgan fingerprint density at radius 1 is 1.57 bits per heavy atom. The molecule has 0 saturated heterocycles. The number of carboxylic acid groups (broad SMARTS) is 1. The maximum atomic E-state index is 10.8. The van der Waals surface area contributed by atoms with Crippen molar-refractivity contribution in [1.29, 1.82) is 0 Å². The number of rotatable bonds is 2. The molecule has 0 atom stereocenters. The van der Waals surface area contributed by atoms with Gasteiger partial charge in [0, 0.05) is 4.47 Å². The lowest BCUT2D eigenvalue weighted by Gasteiger charge is -2.10. The number of methoxy groups -OCH3 is 1. The van der Waals surface area contributed by atoms with E-state index in [0.717, 1.165) is 0 Å². The highest BCUT2D eigenvalue weighted by Gasteiger charge is 2.19. The summed E-state index contributed by atoms with van der Waals surface area (Å²) in [5.41, 5.74) is 0.326. The van der Waals surface area contributed by atoms with E-state index in [1.807, 2.05) is 0 Å². The molecule has 0 saturated carbocycles. The van der Waals surface area contributed by atoms with Crippen molar-refractivity contribution in [2.75, 3.05) is 7.11 Å². The molecule has 4 nitrogen and oxygen atoms in total. The summed E-state index contributed by atoms with van der Waals surface area (Å²) in [7, 11) is 1.36. The SMILES string of the molecule is COc1cc(Br)c(C)c(C(=O)O)c1O. The predicted octanol–water partition coefficient (Wildman–Crippen LogP) is 2.17. The Hall–Kier alpha value is -1.23. The van der Waals surface area contributed by atoms with E-state index in [1.54, 1.807) is 6.92 Å². The van der Waals surface area contributed by atoms with Gasteiger partial charge in [-0.1, -0.05) is 15.9 Å². The van der Waals surface area contributed by atoms with Gasteiger partial charge in [-0.15, -0.1) is 0 Å². The first-order chi connectivity index (χ1) is 6.49. The number of benzene rings is 1. The van der Waals surface area contributed by atoms with Crippen LogP contribution in [0, 0.1) is 6.92 Å². The van der Waals surface area contributed by atoms with Crippen LogP contribution in [0.15, 0.2) is 10.5 Å². The Labute approximate surface area is 89.3 Å². The zero-order valence-corrected chi connectivity index (χ0v) is 9.25. The van der Waals surface area contributed by atoms with Gasteiger partial charge in [0.2, 0.25) is 0 Å². The van der Waals surface area contributed by atoms with Gasteiger partial charge in [-0.3, -0.25) is 0 Å². The Morgan fingerprint density at radius 3 is 2.57 bits per heavy atom. The highest BCUT2D eigenvalue weighted by Crippen LogP contribution is 2.36. The number of hydrogen-bond donors (Lipinski definition) is 2. The van der Waals surface area contributed by atoms with Crippen LogP contribution in [-0.2, 0) is 0 Å². The molecular formula is C9H9BrO4. The minimum absolute atomic E-state index is 0.139. The number of halogens is 1. The van der Waals surface area contributed by atoms with E-state index in [4.69, 9.17) is 9.84 Å². The van der Waals surface area contributed by atoms with Gasteiger partial charge in [0.1, 0.15) is 5.56 Å². The molecule has 0 aromatic heterocycles. The van der Waals surface area contributed by atoms with E-state index in [1.165, 1.54) is 13.2 Å². The first-order valence-corrected chi connectivity index (χ1v) is 4.57. The van der Waals surface area contributed by atoms with Crippen molar-refractivity contribution in [3.8, 4) is 11.5 Å². The molecule has 14 heavy (non-hydrogen) atoms. The lowest BCUT2D eigenvalue weighted by Crippen LogP contribution is -2.02. The van der Waals surface area contributed by atoms with Crippen molar-refractivity contribution in [2.24, 2.45) is 0 Å². The summed E-state index contributed by atoms with van der Waals surface area (Å²) in [5, 5.41) is 18.4.